The van der Waals surface area contributed by atoms with Crippen molar-refractivity contribution in [3.8, 4) is 5.88 Å². The smallest absolute Gasteiger partial charge is 0.341 e. The third kappa shape index (κ3) is 4.48. The average Bonchev–Trinajstić information content (AvgIpc) is 3.12. The summed E-state index contributed by atoms with van der Waals surface area (Å²) in [4.78, 5) is 22.8. The van der Waals surface area contributed by atoms with Crippen LogP contribution in [0.4, 0.5) is 13.6 Å². The Labute approximate surface area is 178 Å². The van der Waals surface area contributed by atoms with E-state index in [9.17, 15) is 18.7 Å². The zero-order chi connectivity index (χ0) is 22.3. The molecule has 0 spiro atoms. The number of urea groups is 1. The van der Waals surface area contributed by atoms with E-state index in [0.717, 1.165) is 6.07 Å². The Morgan fingerprint density at radius 2 is 1.84 bits per heavy atom. The van der Waals surface area contributed by atoms with Crippen molar-refractivity contribution in [2.75, 3.05) is 13.1 Å². The van der Waals surface area contributed by atoms with Gasteiger partial charge in [-0.1, -0.05) is 0 Å². The number of hydrogen-bond acceptors (Lipinski definition) is 6. The van der Waals surface area contributed by atoms with Crippen molar-refractivity contribution in [2.45, 2.75) is 44.9 Å². The summed E-state index contributed by atoms with van der Waals surface area (Å²) >= 11 is 0. The van der Waals surface area contributed by atoms with E-state index in [4.69, 9.17) is 4.74 Å². The summed E-state index contributed by atoms with van der Waals surface area (Å²) < 4.78 is 33.0. The standard InChI is InChI=1S/C21H23F2N5O3/c1-12-25-18(21(2,3)30)9-19(26-12)31-16-10-27(11-16)20(29)28-17(4-5-24-28)13-6-14(22)8-15(23)7-13/h5-9,16-17,30H,4,10-11H2,1-3H3. The Morgan fingerprint density at radius 3 is 2.48 bits per heavy atom. The molecule has 31 heavy (non-hydrogen) atoms. The van der Waals surface area contributed by atoms with Gasteiger partial charge in [0, 0.05) is 24.8 Å². The topological polar surface area (TPSA) is 91.2 Å². The Balaban J connectivity index is 1.39. The van der Waals surface area contributed by atoms with Gasteiger partial charge in [0.25, 0.3) is 0 Å². The maximum absolute atomic E-state index is 13.6. The zero-order valence-electron chi connectivity index (χ0n) is 17.4. The lowest BCUT2D eigenvalue weighted by atomic mass is 10.0. The molecular formula is C21H23F2N5O3. The molecule has 1 fully saturated rings. The first-order valence-electron chi connectivity index (χ1n) is 9.92. The molecule has 10 heteroatoms. The van der Waals surface area contributed by atoms with Crippen LogP contribution in [0.3, 0.4) is 0 Å². The number of nitrogens with zero attached hydrogens (tertiary/aromatic N) is 5. The van der Waals surface area contributed by atoms with Crippen LogP contribution in [-0.2, 0) is 5.60 Å². The van der Waals surface area contributed by atoms with Gasteiger partial charge in [-0.05, 0) is 38.5 Å². The molecule has 2 amide bonds. The minimum atomic E-state index is -1.13. The summed E-state index contributed by atoms with van der Waals surface area (Å²) in [6.45, 7) is 5.59. The molecule has 3 heterocycles. The van der Waals surface area contributed by atoms with Gasteiger partial charge in [0.15, 0.2) is 0 Å². The Kier molecular flexibility index (Phi) is 5.34. The number of benzene rings is 1. The predicted molar refractivity (Wildman–Crippen MR) is 107 cm³/mol. The first kappa shape index (κ1) is 21.1. The highest BCUT2D eigenvalue weighted by atomic mass is 19.1. The molecule has 2 aliphatic rings. The first-order valence-corrected chi connectivity index (χ1v) is 9.92. The van der Waals surface area contributed by atoms with E-state index in [1.807, 2.05) is 0 Å². The number of aromatic nitrogens is 2. The van der Waals surface area contributed by atoms with Gasteiger partial charge >= 0.3 is 6.03 Å². The fourth-order valence-corrected chi connectivity index (χ4v) is 3.54. The molecule has 0 bridgehead atoms. The van der Waals surface area contributed by atoms with E-state index in [-0.39, 0.29) is 12.1 Å². The lowest BCUT2D eigenvalue weighted by Gasteiger charge is -2.40. The fraction of sp³-hybridized carbons (Fsp3) is 0.429. The molecule has 8 nitrogen and oxygen atoms in total. The summed E-state index contributed by atoms with van der Waals surface area (Å²) in [5.41, 5.74) is -0.335. The summed E-state index contributed by atoms with van der Waals surface area (Å²) in [6.07, 6.45) is 1.66. The predicted octanol–water partition coefficient (Wildman–Crippen LogP) is 2.91. The number of halogens is 2. The highest BCUT2D eigenvalue weighted by molar-refractivity contribution is 5.79. The van der Waals surface area contributed by atoms with Gasteiger partial charge in [0.05, 0.1) is 24.8 Å². The van der Waals surface area contributed by atoms with Gasteiger partial charge in [0.2, 0.25) is 5.88 Å². The summed E-state index contributed by atoms with van der Waals surface area (Å²) in [5.74, 6) is -0.595. The van der Waals surface area contributed by atoms with Crippen LogP contribution in [0.15, 0.2) is 29.4 Å². The van der Waals surface area contributed by atoms with Crippen LogP contribution in [0, 0.1) is 18.6 Å². The number of aliphatic hydroxyl groups is 1. The average molecular weight is 431 g/mol. The van der Waals surface area contributed by atoms with Crippen LogP contribution in [0.1, 0.15) is 43.4 Å². The molecule has 2 aliphatic heterocycles. The van der Waals surface area contributed by atoms with Gasteiger partial charge in [-0.25, -0.2) is 23.6 Å². The van der Waals surface area contributed by atoms with E-state index in [2.05, 4.69) is 15.1 Å². The van der Waals surface area contributed by atoms with Crippen LogP contribution in [0.2, 0.25) is 0 Å². The van der Waals surface area contributed by atoms with E-state index in [0.29, 0.717) is 42.5 Å². The lowest BCUT2D eigenvalue weighted by molar-refractivity contribution is 0.0242. The Hall–Kier alpha value is -3.14. The molecule has 4 rings (SSSR count). The lowest BCUT2D eigenvalue weighted by Crippen LogP contribution is -2.59. The number of carbonyl (C=O) groups excluding carboxylic acids is 1. The number of likely N-dealkylation sites (tertiary alicyclic amines) is 1. The summed E-state index contributed by atoms with van der Waals surface area (Å²) in [5, 5.41) is 15.5. The molecule has 0 radical (unpaired) electrons. The highest BCUT2D eigenvalue weighted by Crippen LogP contribution is 2.31. The van der Waals surface area contributed by atoms with Crippen molar-refractivity contribution in [3.05, 3.63) is 53.0 Å². The van der Waals surface area contributed by atoms with Gasteiger partial charge < -0.3 is 14.7 Å². The SMILES string of the molecule is Cc1nc(OC2CN(C(=O)N3N=CCC3c3cc(F)cc(F)c3)C2)cc(C(C)(C)O)n1. The third-order valence-electron chi connectivity index (χ3n) is 5.14. The molecule has 0 saturated carbocycles. The molecule has 1 aromatic heterocycles. The van der Waals surface area contributed by atoms with Crippen LogP contribution >= 0.6 is 0 Å². The highest BCUT2D eigenvalue weighted by Gasteiger charge is 2.39. The number of carbonyl (C=O) groups is 1. The minimum Gasteiger partial charge on any atom is -0.470 e. The van der Waals surface area contributed by atoms with Gasteiger partial charge in [-0.15, -0.1) is 0 Å². The van der Waals surface area contributed by atoms with Crippen molar-refractivity contribution in [3.63, 3.8) is 0 Å². The molecule has 0 aliphatic carbocycles. The number of aryl methyl sites for hydroxylation is 1. The number of ether oxygens (including phenoxy) is 1. The van der Waals surface area contributed by atoms with Crippen molar-refractivity contribution in [1.29, 1.82) is 0 Å². The third-order valence-corrected chi connectivity index (χ3v) is 5.14. The number of hydrogen-bond donors (Lipinski definition) is 1. The second-order valence-electron chi connectivity index (χ2n) is 8.22. The van der Waals surface area contributed by atoms with Gasteiger partial charge in [-0.3, -0.25) is 0 Å². The molecule has 1 saturated heterocycles. The van der Waals surface area contributed by atoms with Crippen LogP contribution in [0.25, 0.3) is 0 Å². The second-order valence-corrected chi connectivity index (χ2v) is 8.22. The molecule has 1 atom stereocenters. The van der Waals surface area contributed by atoms with Crippen LogP contribution in [-0.4, -0.2) is 56.4 Å². The van der Waals surface area contributed by atoms with E-state index >= 15 is 0 Å². The largest absolute Gasteiger partial charge is 0.470 e. The Bertz CT molecular complexity index is 1010. The summed E-state index contributed by atoms with van der Waals surface area (Å²) in [7, 11) is 0. The van der Waals surface area contributed by atoms with Crippen LogP contribution in [0.5, 0.6) is 5.88 Å². The first-order chi connectivity index (χ1) is 14.6. The molecule has 164 valence electrons. The van der Waals surface area contributed by atoms with Gasteiger partial charge in [0.1, 0.15) is 29.2 Å². The number of rotatable bonds is 4. The Morgan fingerprint density at radius 1 is 1.16 bits per heavy atom. The molecule has 1 aromatic carbocycles. The monoisotopic (exact) mass is 431 g/mol. The van der Waals surface area contributed by atoms with E-state index in [1.54, 1.807) is 38.0 Å². The number of amides is 2. The second kappa shape index (κ2) is 7.84. The van der Waals surface area contributed by atoms with Crippen molar-refractivity contribution in [2.24, 2.45) is 5.10 Å². The van der Waals surface area contributed by atoms with Crippen molar-refractivity contribution in [1.82, 2.24) is 19.9 Å². The van der Waals surface area contributed by atoms with Crippen molar-refractivity contribution < 1.29 is 23.4 Å². The zero-order valence-corrected chi connectivity index (χ0v) is 17.4. The molecular weight excluding hydrogens is 408 g/mol. The molecule has 1 N–H and O–H groups in total. The maximum atomic E-state index is 13.6. The normalized spacial score (nSPS) is 19.0. The summed E-state index contributed by atoms with van der Waals surface area (Å²) in [6, 6.07) is 3.87. The van der Waals surface area contributed by atoms with E-state index < -0.39 is 23.3 Å². The van der Waals surface area contributed by atoms with Crippen molar-refractivity contribution >= 4 is 12.2 Å². The quantitative estimate of drug-likeness (QED) is 0.804. The van der Waals surface area contributed by atoms with Crippen LogP contribution < -0.4 is 4.74 Å². The molecule has 2 aromatic rings. The minimum absolute atomic E-state index is 0.274. The number of hydrazone groups is 1. The van der Waals surface area contributed by atoms with Gasteiger partial charge in [-0.2, -0.15) is 10.1 Å². The molecule has 1 unspecified atom stereocenters. The maximum Gasteiger partial charge on any atom is 0.341 e. The van der Waals surface area contributed by atoms with E-state index in [1.165, 1.54) is 17.1 Å². The fourth-order valence-electron chi connectivity index (χ4n) is 3.54.